The van der Waals surface area contributed by atoms with E-state index < -0.39 is 0 Å². The fourth-order valence-electron chi connectivity index (χ4n) is 1.74. The first kappa shape index (κ1) is 13.6. The van der Waals surface area contributed by atoms with E-state index >= 15 is 0 Å². The minimum Gasteiger partial charge on any atom is -0.431 e. The third kappa shape index (κ3) is 3.19. The molecule has 2 heterocycles. The summed E-state index contributed by atoms with van der Waals surface area (Å²) in [7, 11) is 0. The smallest absolute Gasteiger partial charge is 0.257 e. The van der Waals surface area contributed by atoms with E-state index in [2.05, 4.69) is 30.9 Å². The molecule has 21 heavy (non-hydrogen) atoms. The third-order valence-corrected chi connectivity index (χ3v) is 3.56. The lowest BCUT2D eigenvalue weighted by Gasteiger charge is -2.08. The number of carbonyl (C=O) groups is 1. The number of nitrogens with zero attached hydrogens (tertiary/aromatic N) is 4. The topological polar surface area (TPSA) is 110 Å². The van der Waals surface area contributed by atoms with E-state index in [0.29, 0.717) is 16.6 Å². The van der Waals surface area contributed by atoms with Gasteiger partial charge in [-0.2, -0.15) is 5.21 Å². The number of fused-ring (bicyclic) bond motifs is 1. The van der Waals surface area contributed by atoms with Crippen molar-refractivity contribution < 1.29 is 9.21 Å². The molecule has 0 aliphatic heterocycles. The molecule has 1 aromatic carbocycles. The molecule has 1 unspecified atom stereocenters. The van der Waals surface area contributed by atoms with Gasteiger partial charge >= 0.3 is 0 Å². The van der Waals surface area contributed by atoms with Crippen LogP contribution in [0.25, 0.3) is 11.1 Å². The van der Waals surface area contributed by atoms with Gasteiger partial charge in [-0.25, -0.2) is 4.98 Å². The van der Waals surface area contributed by atoms with Gasteiger partial charge in [0.05, 0.1) is 11.8 Å². The summed E-state index contributed by atoms with van der Waals surface area (Å²) in [6.45, 7) is 1.78. The SMILES string of the molecule is CC(NC(=O)CSc1nc2ccccc2o1)c1nn[nH]n1. The van der Waals surface area contributed by atoms with Crippen LogP contribution in [0.4, 0.5) is 0 Å². The Balaban J connectivity index is 1.56. The van der Waals surface area contributed by atoms with Crippen LogP contribution in [0.2, 0.25) is 0 Å². The minimum absolute atomic E-state index is 0.153. The van der Waals surface area contributed by atoms with Gasteiger partial charge in [0, 0.05) is 0 Å². The fourth-order valence-corrected chi connectivity index (χ4v) is 2.39. The normalized spacial score (nSPS) is 12.4. The van der Waals surface area contributed by atoms with Crippen LogP contribution in [0.5, 0.6) is 0 Å². The minimum atomic E-state index is -0.305. The summed E-state index contributed by atoms with van der Waals surface area (Å²) >= 11 is 1.24. The molecule has 2 N–H and O–H groups in total. The van der Waals surface area contributed by atoms with E-state index in [9.17, 15) is 4.79 Å². The maximum Gasteiger partial charge on any atom is 0.257 e. The summed E-state index contributed by atoms with van der Waals surface area (Å²) < 4.78 is 5.53. The summed E-state index contributed by atoms with van der Waals surface area (Å²) in [6, 6.07) is 7.16. The van der Waals surface area contributed by atoms with Gasteiger partial charge in [0.15, 0.2) is 11.4 Å². The first-order valence-corrected chi connectivity index (χ1v) is 7.22. The van der Waals surface area contributed by atoms with Crippen molar-refractivity contribution in [2.75, 3.05) is 5.75 Å². The zero-order valence-electron chi connectivity index (χ0n) is 11.1. The summed E-state index contributed by atoms with van der Waals surface area (Å²) in [5, 5.41) is 16.7. The molecule has 8 nitrogen and oxygen atoms in total. The number of thioether (sulfide) groups is 1. The van der Waals surface area contributed by atoms with Crippen molar-refractivity contribution in [2.24, 2.45) is 0 Å². The number of nitrogens with one attached hydrogen (secondary N) is 2. The standard InChI is InChI=1S/C12H12N6O2S/c1-7(11-15-17-18-16-11)13-10(19)6-21-12-14-8-4-2-3-5-9(8)20-12/h2-5,7H,6H2,1H3,(H,13,19)(H,15,16,17,18). The van der Waals surface area contributed by atoms with Crippen molar-refractivity contribution in [3.05, 3.63) is 30.1 Å². The summed E-state index contributed by atoms with van der Waals surface area (Å²) in [5.74, 6) is 0.490. The van der Waals surface area contributed by atoms with E-state index in [1.807, 2.05) is 24.3 Å². The molecule has 108 valence electrons. The molecule has 3 aromatic rings. The number of oxazole rings is 1. The van der Waals surface area contributed by atoms with Crippen LogP contribution in [-0.4, -0.2) is 37.3 Å². The predicted molar refractivity (Wildman–Crippen MR) is 75.5 cm³/mol. The van der Waals surface area contributed by atoms with E-state index in [1.165, 1.54) is 11.8 Å². The van der Waals surface area contributed by atoms with Gasteiger partial charge in [0.25, 0.3) is 5.22 Å². The van der Waals surface area contributed by atoms with Crippen molar-refractivity contribution in [1.29, 1.82) is 0 Å². The van der Waals surface area contributed by atoms with Crippen molar-refractivity contribution in [3.8, 4) is 0 Å². The number of hydrogen-bond acceptors (Lipinski definition) is 7. The molecule has 0 bridgehead atoms. The van der Waals surface area contributed by atoms with Crippen LogP contribution < -0.4 is 5.32 Å². The Labute approximate surface area is 123 Å². The quantitative estimate of drug-likeness (QED) is 0.684. The number of tetrazole rings is 1. The summed E-state index contributed by atoms with van der Waals surface area (Å²) in [6.07, 6.45) is 0. The molecule has 0 saturated heterocycles. The average Bonchev–Trinajstić information content (AvgIpc) is 3.14. The largest absolute Gasteiger partial charge is 0.431 e. The Morgan fingerprint density at radius 1 is 1.48 bits per heavy atom. The van der Waals surface area contributed by atoms with Gasteiger partial charge in [-0.1, -0.05) is 29.1 Å². The number of para-hydroxylation sites is 2. The van der Waals surface area contributed by atoms with Gasteiger partial charge in [-0.3, -0.25) is 4.79 Å². The van der Waals surface area contributed by atoms with Gasteiger partial charge in [0.1, 0.15) is 5.52 Å². The molecule has 0 fully saturated rings. The molecule has 2 aromatic heterocycles. The van der Waals surface area contributed by atoms with Gasteiger partial charge in [-0.15, -0.1) is 10.2 Å². The molecule has 1 atom stereocenters. The number of aromatic amines is 1. The zero-order valence-corrected chi connectivity index (χ0v) is 11.9. The van der Waals surface area contributed by atoms with Crippen molar-refractivity contribution in [2.45, 2.75) is 18.2 Å². The number of rotatable bonds is 5. The predicted octanol–water partition coefficient (Wildman–Crippen LogP) is 1.31. The van der Waals surface area contributed by atoms with Gasteiger partial charge < -0.3 is 9.73 Å². The number of amides is 1. The van der Waals surface area contributed by atoms with E-state index in [1.54, 1.807) is 6.92 Å². The lowest BCUT2D eigenvalue weighted by atomic mass is 10.3. The fraction of sp³-hybridized carbons (Fsp3) is 0.250. The first-order valence-electron chi connectivity index (χ1n) is 6.23. The Morgan fingerprint density at radius 2 is 2.33 bits per heavy atom. The molecule has 3 rings (SSSR count). The second kappa shape index (κ2) is 5.92. The van der Waals surface area contributed by atoms with Crippen LogP contribution >= 0.6 is 11.8 Å². The van der Waals surface area contributed by atoms with Crippen LogP contribution in [0, 0.1) is 0 Å². The van der Waals surface area contributed by atoms with Crippen LogP contribution in [0.1, 0.15) is 18.8 Å². The summed E-state index contributed by atoms with van der Waals surface area (Å²) in [5.41, 5.74) is 1.49. The molecule has 0 saturated carbocycles. The molecule has 9 heteroatoms. The maximum absolute atomic E-state index is 11.8. The van der Waals surface area contributed by atoms with Crippen LogP contribution in [0.15, 0.2) is 33.9 Å². The highest BCUT2D eigenvalue weighted by Crippen LogP contribution is 2.22. The highest BCUT2D eigenvalue weighted by Gasteiger charge is 2.14. The number of hydrogen-bond donors (Lipinski definition) is 2. The average molecular weight is 304 g/mol. The molecule has 0 radical (unpaired) electrons. The van der Waals surface area contributed by atoms with Crippen LogP contribution in [0.3, 0.4) is 0 Å². The lowest BCUT2D eigenvalue weighted by Crippen LogP contribution is -2.28. The highest BCUT2D eigenvalue weighted by molar-refractivity contribution is 7.99. The second-order valence-electron chi connectivity index (χ2n) is 4.30. The van der Waals surface area contributed by atoms with Crippen molar-refractivity contribution in [3.63, 3.8) is 0 Å². The molecule has 0 spiro atoms. The van der Waals surface area contributed by atoms with Crippen molar-refractivity contribution >= 4 is 28.8 Å². The lowest BCUT2D eigenvalue weighted by molar-refractivity contribution is -0.119. The first-order chi connectivity index (χ1) is 10.2. The third-order valence-electron chi connectivity index (χ3n) is 2.73. The van der Waals surface area contributed by atoms with Crippen LogP contribution in [-0.2, 0) is 4.79 Å². The number of H-pyrrole nitrogens is 1. The number of carbonyl (C=O) groups excluding carboxylic acids is 1. The number of aromatic nitrogens is 5. The van der Waals surface area contributed by atoms with Gasteiger partial charge in [0.2, 0.25) is 5.91 Å². The zero-order chi connectivity index (χ0) is 14.7. The molecule has 0 aliphatic carbocycles. The van der Waals surface area contributed by atoms with E-state index in [0.717, 1.165) is 5.52 Å². The Kier molecular flexibility index (Phi) is 3.82. The van der Waals surface area contributed by atoms with E-state index in [4.69, 9.17) is 4.42 Å². The molecular formula is C12H12N6O2S. The Hall–Kier alpha value is -2.42. The Bertz CT molecular complexity index is 708. The summed E-state index contributed by atoms with van der Waals surface area (Å²) in [4.78, 5) is 16.1. The second-order valence-corrected chi connectivity index (χ2v) is 5.22. The molecular weight excluding hydrogens is 292 g/mol. The molecule has 1 amide bonds. The molecule has 0 aliphatic rings. The van der Waals surface area contributed by atoms with Gasteiger partial charge in [-0.05, 0) is 19.1 Å². The number of benzene rings is 1. The maximum atomic E-state index is 11.8. The Morgan fingerprint density at radius 3 is 3.10 bits per heavy atom. The monoisotopic (exact) mass is 304 g/mol. The highest BCUT2D eigenvalue weighted by atomic mass is 32.2. The van der Waals surface area contributed by atoms with E-state index in [-0.39, 0.29) is 17.7 Å². The van der Waals surface area contributed by atoms with Crippen molar-refractivity contribution in [1.82, 2.24) is 30.9 Å².